The number of ketones is 1. The van der Waals surface area contributed by atoms with E-state index in [1.165, 1.54) is 14.0 Å². The molecule has 14 heteroatoms. The van der Waals surface area contributed by atoms with Gasteiger partial charge >= 0.3 is 18.2 Å². The maximum Gasteiger partial charge on any atom is 0.411 e. The van der Waals surface area contributed by atoms with Crippen molar-refractivity contribution in [3.05, 3.63) is 42.0 Å². The number of cyclic esters (lactones) is 1. The first-order chi connectivity index (χ1) is 25.4. The van der Waals surface area contributed by atoms with Gasteiger partial charge in [0.1, 0.15) is 24.7 Å². The second-order valence-electron chi connectivity index (χ2n) is 15.8. The molecule has 0 bridgehead atoms. The van der Waals surface area contributed by atoms with Crippen molar-refractivity contribution in [2.24, 2.45) is 23.7 Å². The van der Waals surface area contributed by atoms with Crippen LogP contribution in [0.3, 0.4) is 0 Å². The number of aliphatic hydroxyl groups excluding tert-OH is 1. The molecule has 1 aromatic carbocycles. The van der Waals surface area contributed by atoms with Gasteiger partial charge in [0, 0.05) is 30.7 Å². The number of hydrogen-bond donors (Lipinski definition) is 3. The van der Waals surface area contributed by atoms with Gasteiger partial charge in [0.05, 0.1) is 23.9 Å². The highest BCUT2D eigenvalue weighted by atomic mass is 16.7. The number of Topliss-reactive ketones (excluding diaryl/α,β-unsaturated/α-hetero) is 1. The minimum atomic E-state index is -1.31. The molecule has 3 saturated heterocycles. The highest BCUT2D eigenvalue weighted by Gasteiger charge is 2.56. The molecule has 14 nitrogen and oxygen atoms in total. The number of nitrogens with zero attached hydrogens (tertiary/aromatic N) is 1. The number of methoxy groups -OCH3 is 1. The van der Waals surface area contributed by atoms with Crippen molar-refractivity contribution >= 4 is 29.6 Å². The monoisotopic (exact) mass is 759 g/mol. The average Bonchev–Trinajstić information content (AvgIpc) is 3.44. The van der Waals surface area contributed by atoms with Crippen molar-refractivity contribution in [2.75, 3.05) is 33.1 Å². The van der Waals surface area contributed by atoms with Crippen LogP contribution in [0.15, 0.2) is 42.0 Å². The highest BCUT2D eigenvalue weighted by Crippen LogP contribution is 2.43. The van der Waals surface area contributed by atoms with Gasteiger partial charge in [-0.05, 0) is 85.2 Å². The number of carbonyl (C=O) groups is 4. The van der Waals surface area contributed by atoms with Crippen LogP contribution < -0.4 is 10.6 Å². The second kappa shape index (κ2) is 17.9. The number of para-hydroxylation sites is 1. The van der Waals surface area contributed by atoms with Crippen molar-refractivity contribution in [1.29, 1.82) is 0 Å². The number of ether oxygens (including phenoxy) is 6. The third kappa shape index (κ3) is 9.44. The van der Waals surface area contributed by atoms with E-state index >= 15 is 0 Å². The van der Waals surface area contributed by atoms with Gasteiger partial charge in [-0.2, -0.15) is 0 Å². The lowest BCUT2D eigenvalue weighted by Gasteiger charge is -2.47. The Kier molecular flexibility index (Phi) is 14.3. The van der Waals surface area contributed by atoms with Crippen LogP contribution in [0.4, 0.5) is 15.3 Å². The number of nitrogens with one attached hydrogen (secondary N) is 2. The Morgan fingerprint density at radius 3 is 2.35 bits per heavy atom. The first-order valence-corrected chi connectivity index (χ1v) is 19.0. The fourth-order valence-corrected chi connectivity index (χ4v) is 8.51. The van der Waals surface area contributed by atoms with E-state index in [1.54, 1.807) is 38.1 Å². The molecule has 4 rings (SSSR count). The van der Waals surface area contributed by atoms with Gasteiger partial charge in [-0.3, -0.25) is 14.9 Å². The molecule has 3 N–H and O–H groups in total. The van der Waals surface area contributed by atoms with Crippen LogP contribution in [-0.2, 0) is 38.0 Å². The van der Waals surface area contributed by atoms with Crippen LogP contribution >= 0.6 is 0 Å². The zero-order valence-corrected chi connectivity index (χ0v) is 33.6. The van der Waals surface area contributed by atoms with Crippen LogP contribution in [0.2, 0.25) is 0 Å². The standard InChI is InChI=1S/C40H61N3O11/c1-12-30-40(8)33(42-38(48)54-40)24(4)28(18-19-50-37(47)41-27-16-14-13-15-17-27)22(2)21-39(7,49-11)34(25(5)31(44)26(6)35(46)52-30)53-36-32(45)29(43(9)10)20-23(3)51-36/h13-18,22-26,29-30,32-34,36,45H,12,19-21H2,1-11H3,(H,41,47)(H,42,48)/b28-18+/t22-,23-,24+,25+,26-,29+,30-,32-,33-,34-,36+,39-,40-/m1/s1. The number of anilines is 1. The zero-order chi connectivity index (χ0) is 40.1. The van der Waals surface area contributed by atoms with Crippen molar-refractivity contribution < 1.29 is 52.7 Å². The minimum absolute atomic E-state index is 0.102. The number of esters is 1. The van der Waals surface area contributed by atoms with Crippen molar-refractivity contribution in [1.82, 2.24) is 10.2 Å². The molecule has 54 heavy (non-hydrogen) atoms. The molecule has 3 fully saturated rings. The molecule has 13 atom stereocenters. The van der Waals surface area contributed by atoms with Gasteiger partial charge in [0.25, 0.3) is 0 Å². The lowest BCUT2D eigenvalue weighted by molar-refractivity contribution is -0.295. The number of benzene rings is 1. The summed E-state index contributed by atoms with van der Waals surface area (Å²) in [7, 11) is 5.28. The van der Waals surface area contributed by atoms with Crippen molar-refractivity contribution in [3.8, 4) is 0 Å². The number of alkyl carbamates (subject to hydrolysis) is 1. The van der Waals surface area contributed by atoms with Crippen LogP contribution in [-0.4, -0.2) is 116 Å². The summed E-state index contributed by atoms with van der Waals surface area (Å²) < 4.78 is 36.7. The summed E-state index contributed by atoms with van der Waals surface area (Å²) in [6.45, 7) is 14.3. The fourth-order valence-electron chi connectivity index (χ4n) is 8.51. The van der Waals surface area contributed by atoms with Gasteiger partial charge in [-0.15, -0.1) is 0 Å². The van der Waals surface area contributed by atoms with E-state index < -0.39 is 83.5 Å². The van der Waals surface area contributed by atoms with Gasteiger partial charge in [-0.1, -0.05) is 51.5 Å². The van der Waals surface area contributed by atoms with Crippen LogP contribution in [0.25, 0.3) is 0 Å². The third-order valence-electron chi connectivity index (χ3n) is 11.6. The molecule has 0 unspecified atom stereocenters. The molecule has 3 aliphatic rings. The lowest BCUT2D eigenvalue weighted by atomic mass is 9.71. The lowest BCUT2D eigenvalue weighted by Crippen LogP contribution is -2.59. The molecule has 3 aliphatic heterocycles. The molecule has 0 spiro atoms. The zero-order valence-electron chi connectivity index (χ0n) is 33.6. The molecule has 2 amide bonds. The normalized spacial score (nSPS) is 38.9. The predicted molar refractivity (Wildman–Crippen MR) is 200 cm³/mol. The molecular formula is C40H61N3O11. The smallest absolute Gasteiger partial charge is 0.411 e. The van der Waals surface area contributed by atoms with Crippen LogP contribution in [0.1, 0.15) is 74.7 Å². The topological polar surface area (TPSA) is 171 Å². The number of aliphatic hydroxyl groups is 1. The maximum atomic E-state index is 14.3. The maximum absolute atomic E-state index is 14.3. The number of hydrogen-bond acceptors (Lipinski definition) is 12. The van der Waals surface area contributed by atoms with Gasteiger partial charge in [0.15, 0.2) is 17.7 Å². The summed E-state index contributed by atoms with van der Waals surface area (Å²) in [5, 5.41) is 17.1. The van der Waals surface area contributed by atoms with E-state index in [0.717, 1.165) is 5.57 Å². The van der Waals surface area contributed by atoms with E-state index in [1.807, 2.05) is 65.8 Å². The highest BCUT2D eigenvalue weighted by molar-refractivity contribution is 6.00. The number of carbonyl (C=O) groups excluding carboxylic acids is 4. The average molecular weight is 760 g/mol. The number of fused-ring (bicyclic) bond motifs is 1. The Balaban J connectivity index is 1.79. The first-order valence-electron chi connectivity index (χ1n) is 19.0. The number of amides is 2. The number of rotatable bonds is 8. The van der Waals surface area contributed by atoms with Crippen molar-refractivity contribution in [2.45, 2.75) is 129 Å². The first kappa shape index (κ1) is 43.2. The predicted octanol–water partition coefficient (Wildman–Crippen LogP) is 5.08. The molecule has 0 radical (unpaired) electrons. The van der Waals surface area contributed by atoms with E-state index in [9.17, 15) is 24.3 Å². The Morgan fingerprint density at radius 1 is 1.07 bits per heavy atom. The fraction of sp³-hybridized carbons (Fsp3) is 0.700. The van der Waals surface area contributed by atoms with Crippen LogP contribution in [0, 0.1) is 23.7 Å². The summed E-state index contributed by atoms with van der Waals surface area (Å²) in [5.41, 5.74) is -1.13. The summed E-state index contributed by atoms with van der Waals surface area (Å²) in [6, 6.07) is 7.98. The molecule has 1 aromatic rings. The van der Waals surface area contributed by atoms with Crippen molar-refractivity contribution in [3.63, 3.8) is 0 Å². The molecule has 0 aliphatic carbocycles. The quantitative estimate of drug-likeness (QED) is 0.139. The summed E-state index contributed by atoms with van der Waals surface area (Å²) >= 11 is 0. The molecule has 0 aromatic heterocycles. The Labute approximate surface area is 319 Å². The number of likely N-dealkylation sites (N-methyl/N-ethyl adjacent to an activating group) is 1. The van der Waals surface area contributed by atoms with E-state index in [2.05, 4.69) is 10.6 Å². The molecule has 0 saturated carbocycles. The molecule has 302 valence electrons. The summed E-state index contributed by atoms with van der Waals surface area (Å²) in [6.07, 6.45) is -2.66. The molecule has 3 heterocycles. The third-order valence-corrected chi connectivity index (χ3v) is 11.6. The Morgan fingerprint density at radius 2 is 1.74 bits per heavy atom. The van der Waals surface area contributed by atoms with E-state index in [4.69, 9.17) is 28.4 Å². The van der Waals surface area contributed by atoms with E-state index in [-0.39, 0.29) is 31.1 Å². The van der Waals surface area contributed by atoms with Gasteiger partial charge in [-0.25, -0.2) is 9.59 Å². The minimum Gasteiger partial charge on any atom is -0.458 e. The van der Waals surface area contributed by atoms with Gasteiger partial charge < -0.3 is 43.7 Å². The molecular weight excluding hydrogens is 698 g/mol. The SMILES string of the molecule is CC[C@H]1OC(=O)[C@H](C)C(=O)[C@H](C)[C@@H](O[C@@H]2O[C@H](C)C[C@H](N(C)C)[C@H]2O)[C@](C)(OC)C[C@@H](C)/C(=C\COC(=O)Nc2ccccc2)[C@H](C)[C@H]2NC(=O)O[C@@]21C. The van der Waals surface area contributed by atoms with Gasteiger partial charge in [0.2, 0.25) is 0 Å². The van der Waals surface area contributed by atoms with E-state index in [0.29, 0.717) is 18.5 Å². The Hall–Kier alpha value is -3.56. The summed E-state index contributed by atoms with van der Waals surface area (Å²) in [5.74, 6) is -4.10. The van der Waals surface area contributed by atoms with Crippen LogP contribution in [0.5, 0.6) is 0 Å². The largest absolute Gasteiger partial charge is 0.458 e. The Bertz CT molecular complexity index is 1510. The second-order valence-corrected chi connectivity index (χ2v) is 15.8. The summed E-state index contributed by atoms with van der Waals surface area (Å²) in [4.78, 5) is 55.7.